The minimum Gasteiger partial charge on any atom is -0.258 e. The van der Waals surface area contributed by atoms with E-state index in [1.165, 1.54) is 12.1 Å². The summed E-state index contributed by atoms with van der Waals surface area (Å²) in [6.45, 7) is 3.77. The second kappa shape index (κ2) is 4.15. The second-order valence-electron chi connectivity index (χ2n) is 3.21. The fraction of sp³-hybridized carbons (Fsp3) is 0.333. The van der Waals surface area contributed by atoms with Crippen LogP contribution in [-0.2, 0) is 0 Å². The Balaban J connectivity index is 3.41. The van der Waals surface area contributed by atoms with E-state index in [1.54, 1.807) is 0 Å². The van der Waals surface area contributed by atoms with Crippen LogP contribution < -0.4 is 0 Å². The van der Waals surface area contributed by atoms with Gasteiger partial charge in [-0.05, 0) is 17.5 Å². The predicted molar refractivity (Wildman–Crippen MR) is 57.2 cm³/mol. The van der Waals surface area contributed by atoms with Crippen LogP contribution in [0.1, 0.15) is 25.3 Å². The van der Waals surface area contributed by atoms with E-state index in [2.05, 4.69) is 0 Å². The van der Waals surface area contributed by atoms with Gasteiger partial charge in [0.05, 0.1) is 4.92 Å². The van der Waals surface area contributed by atoms with Crippen molar-refractivity contribution in [1.29, 1.82) is 0 Å². The first-order chi connectivity index (χ1) is 6.45. The minimum atomic E-state index is -0.509. The van der Waals surface area contributed by atoms with Crippen molar-refractivity contribution >= 4 is 28.9 Å². The minimum absolute atomic E-state index is 0.0647. The number of nitro benzene ring substituents is 1. The molecule has 76 valence electrons. The van der Waals surface area contributed by atoms with Crippen LogP contribution in [0.3, 0.4) is 0 Å². The lowest BCUT2D eigenvalue weighted by atomic mass is 10.0. The van der Waals surface area contributed by atoms with Gasteiger partial charge in [0.25, 0.3) is 5.69 Å². The summed E-state index contributed by atoms with van der Waals surface area (Å²) in [4.78, 5) is 10.1. The van der Waals surface area contributed by atoms with Crippen LogP contribution in [0.25, 0.3) is 0 Å². The van der Waals surface area contributed by atoms with Gasteiger partial charge < -0.3 is 0 Å². The molecule has 1 aromatic carbocycles. The molecular formula is C9H9Cl2NO2. The molecule has 0 spiro atoms. The maximum absolute atomic E-state index is 10.6. The van der Waals surface area contributed by atoms with Crippen molar-refractivity contribution in [3.8, 4) is 0 Å². The molecule has 0 N–H and O–H groups in total. The highest BCUT2D eigenvalue weighted by Crippen LogP contribution is 2.37. The molecule has 0 bridgehead atoms. The monoisotopic (exact) mass is 233 g/mol. The summed E-state index contributed by atoms with van der Waals surface area (Å²) in [6, 6.07) is 2.82. The first-order valence-electron chi connectivity index (χ1n) is 4.07. The standard InChI is InChI=1S/C9H9Cl2NO2/c1-5(2)8-6(10)3-4-7(9(8)11)12(13)14/h3-5H,1-2H3. The summed E-state index contributed by atoms with van der Waals surface area (Å²) in [7, 11) is 0. The van der Waals surface area contributed by atoms with Crippen molar-refractivity contribution in [2.75, 3.05) is 0 Å². The van der Waals surface area contributed by atoms with Crippen molar-refractivity contribution in [3.05, 3.63) is 37.9 Å². The van der Waals surface area contributed by atoms with E-state index in [0.717, 1.165) is 0 Å². The third-order valence-corrected chi connectivity index (χ3v) is 2.61. The average Bonchev–Trinajstić information content (AvgIpc) is 2.02. The Bertz CT molecular complexity index is 377. The zero-order valence-corrected chi connectivity index (χ0v) is 9.26. The van der Waals surface area contributed by atoms with Gasteiger partial charge in [0, 0.05) is 11.1 Å². The molecule has 0 heterocycles. The first-order valence-corrected chi connectivity index (χ1v) is 4.83. The Morgan fingerprint density at radius 2 is 1.93 bits per heavy atom. The SMILES string of the molecule is CC(C)c1c(Cl)ccc([N+](=O)[O-])c1Cl. The molecular weight excluding hydrogens is 225 g/mol. The molecule has 0 radical (unpaired) electrons. The Labute approximate surface area is 91.8 Å². The number of halogens is 2. The van der Waals surface area contributed by atoms with Gasteiger partial charge in [0.2, 0.25) is 0 Å². The number of benzene rings is 1. The topological polar surface area (TPSA) is 43.1 Å². The molecule has 0 saturated carbocycles. The van der Waals surface area contributed by atoms with Crippen LogP contribution in [0.4, 0.5) is 5.69 Å². The van der Waals surface area contributed by atoms with Gasteiger partial charge in [-0.3, -0.25) is 10.1 Å². The van der Waals surface area contributed by atoms with Gasteiger partial charge in [-0.2, -0.15) is 0 Å². The van der Waals surface area contributed by atoms with Crippen LogP contribution in [0.15, 0.2) is 12.1 Å². The zero-order valence-electron chi connectivity index (χ0n) is 7.75. The van der Waals surface area contributed by atoms with Crippen LogP contribution in [0, 0.1) is 10.1 Å². The van der Waals surface area contributed by atoms with Crippen LogP contribution in [-0.4, -0.2) is 4.92 Å². The van der Waals surface area contributed by atoms with E-state index in [-0.39, 0.29) is 16.6 Å². The molecule has 0 aliphatic carbocycles. The van der Waals surface area contributed by atoms with Gasteiger partial charge in [-0.1, -0.05) is 37.0 Å². The number of hydrogen-bond acceptors (Lipinski definition) is 2. The molecule has 0 saturated heterocycles. The second-order valence-corrected chi connectivity index (χ2v) is 3.99. The highest BCUT2D eigenvalue weighted by atomic mass is 35.5. The summed E-state index contributed by atoms with van der Waals surface area (Å²) >= 11 is 11.8. The lowest BCUT2D eigenvalue weighted by Gasteiger charge is -2.09. The average molecular weight is 234 g/mol. The number of nitro groups is 1. The van der Waals surface area contributed by atoms with Crippen LogP contribution in [0.2, 0.25) is 10.0 Å². The summed E-state index contributed by atoms with van der Waals surface area (Å²) in [5, 5.41) is 11.2. The molecule has 5 heteroatoms. The summed E-state index contributed by atoms with van der Waals surface area (Å²) in [5.74, 6) is 0.0647. The van der Waals surface area contributed by atoms with E-state index in [9.17, 15) is 10.1 Å². The highest BCUT2D eigenvalue weighted by molar-refractivity contribution is 6.37. The predicted octanol–water partition coefficient (Wildman–Crippen LogP) is 4.03. The van der Waals surface area contributed by atoms with Crippen molar-refractivity contribution in [2.45, 2.75) is 19.8 Å². The maximum atomic E-state index is 10.6. The molecule has 0 aliphatic heterocycles. The molecule has 0 fully saturated rings. The molecule has 14 heavy (non-hydrogen) atoms. The molecule has 0 unspecified atom stereocenters. The molecule has 3 nitrogen and oxygen atoms in total. The van der Waals surface area contributed by atoms with Crippen molar-refractivity contribution in [2.24, 2.45) is 0 Å². The van der Waals surface area contributed by atoms with Crippen LogP contribution in [0.5, 0.6) is 0 Å². The fourth-order valence-electron chi connectivity index (χ4n) is 1.23. The number of hydrogen-bond donors (Lipinski definition) is 0. The van der Waals surface area contributed by atoms with Gasteiger partial charge in [-0.25, -0.2) is 0 Å². The molecule has 1 aromatic rings. The largest absolute Gasteiger partial charge is 0.288 e. The Morgan fingerprint density at radius 1 is 1.36 bits per heavy atom. The zero-order chi connectivity index (χ0) is 10.9. The van der Waals surface area contributed by atoms with Crippen molar-refractivity contribution in [3.63, 3.8) is 0 Å². The number of nitrogens with zero attached hydrogens (tertiary/aromatic N) is 1. The maximum Gasteiger partial charge on any atom is 0.288 e. The molecule has 0 aliphatic rings. The van der Waals surface area contributed by atoms with Gasteiger partial charge in [0.15, 0.2) is 0 Å². The van der Waals surface area contributed by atoms with Gasteiger partial charge >= 0.3 is 0 Å². The summed E-state index contributed by atoms with van der Waals surface area (Å²) < 4.78 is 0. The summed E-state index contributed by atoms with van der Waals surface area (Å²) in [6.07, 6.45) is 0. The molecule has 0 atom stereocenters. The van der Waals surface area contributed by atoms with Crippen LogP contribution >= 0.6 is 23.2 Å². The third kappa shape index (κ3) is 1.99. The quantitative estimate of drug-likeness (QED) is 0.572. The fourth-order valence-corrected chi connectivity index (χ4v) is 2.10. The Hall–Kier alpha value is -0.800. The Morgan fingerprint density at radius 3 is 2.36 bits per heavy atom. The van der Waals surface area contributed by atoms with E-state index in [4.69, 9.17) is 23.2 Å². The normalized spacial score (nSPS) is 10.6. The lowest BCUT2D eigenvalue weighted by Crippen LogP contribution is -1.96. The first kappa shape index (κ1) is 11.3. The Kier molecular flexibility index (Phi) is 3.34. The third-order valence-electron chi connectivity index (χ3n) is 1.88. The van der Waals surface area contributed by atoms with E-state index in [1.807, 2.05) is 13.8 Å². The van der Waals surface area contributed by atoms with E-state index < -0.39 is 4.92 Å². The molecule has 0 aromatic heterocycles. The lowest BCUT2D eigenvalue weighted by molar-refractivity contribution is -0.384. The number of rotatable bonds is 2. The van der Waals surface area contributed by atoms with Gasteiger partial charge in [0.1, 0.15) is 5.02 Å². The smallest absolute Gasteiger partial charge is 0.258 e. The van der Waals surface area contributed by atoms with Crippen molar-refractivity contribution in [1.82, 2.24) is 0 Å². The van der Waals surface area contributed by atoms with Gasteiger partial charge in [-0.15, -0.1) is 0 Å². The van der Waals surface area contributed by atoms with E-state index >= 15 is 0 Å². The highest BCUT2D eigenvalue weighted by Gasteiger charge is 2.20. The van der Waals surface area contributed by atoms with Crippen molar-refractivity contribution < 1.29 is 4.92 Å². The molecule has 0 amide bonds. The molecule has 1 rings (SSSR count). The van der Waals surface area contributed by atoms with E-state index in [0.29, 0.717) is 10.6 Å². The summed E-state index contributed by atoms with van der Waals surface area (Å²) in [5.41, 5.74) is 0.530.